The van der Waals surface area contributed by atoms with Crippen LogP contribution in [-0.4, -0.2) is 18.9 Å². The Morgan fingerprint density at radius 2 is 2.25 bits per heavy atom. The van der Waals surface area contributed by atoms with Gasteiger partial charge < -0.3 is 14.8 Å². The van der Waals surface area contributed by atoms with E-state index in [1.807, 2.05) is 18.2 Å². The molecule has 3 nitrogen and oxygen atoms in total. The van der Waals surface area contributed by atoms with Crippen LogP contribution in [0.5, 0.6) is 5.75 Å². The highest BCUT2D eigenvalue weighted by atomic mass is 16.7. The molecule has 0 spiro atoms. The Morgan fingerprint density at radius 3 is 3.06 bits per heavy atom. The lowest BCUT2D eigenvalue weighted by Gasteiger charge is -2.39. The van der Waals surface area contributed by atoms with Gasteiger partial charge in [0.25, 0.3) is 0 Å². The Labute approximate surface area is 95.8 Å². The van der Waals surface area contributed by atoms with Crippen molar-refractivity contribution in [1.29, 1.82) is 0 Å². The standard InChI is InChI=1S/C13H17NO2/c1-13(11-6-7-14-8-11)15-9-10-4-2-3-5-12(10)16-13/h2-5,11,14H,6-9H2,1H3. The first-order valence-corrected chi connectivity index (χ1v) is 5.89. The molecular formula is C13H17NO2. The van der Waals surface area contributed by atoms with E-state index in [2.05, 4.69) is 18.3 Å². The van der Waals surface area contributed by atoms with Crippen LogP contribution < -0.4 is 10.1 Å². The van der Waals surface area contributed by atoms with Crippen molar-refractivity contribution >= 4 is 0 Å². The smallest absolute Gasteiger partial charge is 0.212 e. The molecule has 2 atom stereocenters. The van der Waals surface area contributed by atoms with Crippen molar-refractivity contribution in [2.45, 2.75) is 25.7 Å². The molecule has 0 aliphatic carbocycles. The molecule has 2 unspecified atom stereocenters. The molecule has 2 aliphatic heterocycles. The van der Waals surface area contributed by atoms with E-state index >= 15 is 0 Å². The van der Waals surface area contributed by atoms with Gasteiger partial charge in [0.2, 0.25) is 5.79 Å². The van der Waals surface area contributed by atoms with Gasteiger partial charge in [-0.2, -0.15) is 0 Å². The highest BCUT2D eigenvalue weighted by Gasteiger charge is 2.41. The average molecular weight is 219 g/mol. The van der Waals surface area contributed by atoms with Crippen LogP contribution in [0.2, 0.25) is 0 Å². The van der Waals surface area contributed by atoms with Crippen molar-refractivity contribution in [1.82, 2.24) is 5.32 Å². The van der Waals surface area contributed by atoms with Gasteiger partial charge in [-0.1, -0.05) is 18.2 Å². The number of rotatable bonds is 1. The maximum absolute atomic E-state index is 6.04. The zero-order chi connectivity index (χ0) is 11.0. The summed E-state index contributed by atoms with van der Waals surface area (Å²) in [5.74, 6) is 0.960. The van der Waals surface area contributed by atoms with E-state index in [9.17, 15) is 0 Å². The van der Waals surface area contributed by atoms with Gasteiger partial charge in [-0.25, -0.2) is 0 Å². The van der Waals surface area contributed by atoms with Crippen molar-refractivity contribution in [3.63, 3.8) is 0 Å². The molecule has 1 aromatic rings. The summed E-state index contributed by atoms with van der Waals surface area (Å²) in [7, 11) is 0. The molecular weight excluding hydrogens is 202 g/mol. The van der Waals surface area contributed by atoms with E-state index in [4.69, 9.17) is 9.47 Å². The summed E-state index contributed by atoms with van der Waals surface area (Å²) in [4.78, 5) is 0. The molecule has 0 saturated carbocycles. The third kappa shape index (κ3) is 1.60. The van der Waals surface area contributed by atoms with E-state index in [0.717, 1.165) is 30.8 Å². The van der Waals surface area contributed by atoms with Gasteiger partial charge in [0.15, 0.2) is 0 Å². The second-order valence-corrected chi connectivity index (χ2v) is 4.70. The first kappa shape index (κ1) is 10.1. The van der Waals surface area contributed by atoms with Gasteiger partial charge >= 0.3 is 0 Å². The number of fused-ring (bicyclic) bond motifs is 1. The molecule has 86 valence electrons. The van der Waals surface area contributed by atoms with E-state index in [1.165, 1.54) is 0 Å². The number of benzene rings is 1. The number of nitrogens with one attached hydrogen (secondary N) is 1. The monoisotopic (exact) mass is 219 g/mol. The van der Waals surface area contributed by atoms with Crippen LogP contribution in [0.15, 0.2) is 24.3 Å². The van der Waals surface area contributed by atoms with Crippen molar-refractivity contribution in [2.24, 2.45) is 5.92 Å². The molecule has 0 amide bonds. The Kier molecular flexibility index (Phi) is 2.37. The minimum Gasteiger partial charge on any atom is -0.462 e. The third-order valence-corrected chi connectivity index (χ3v) is 3.60. The molecule has 2 heterocycles. The molecule has 0 radical (unpaired) electrons. The van der Waals surface area contributed by atoms with Crippen LogP contribution in [0.25, 0.3) is 0 Å². The van der Waals surface area contributed by atoms with Gasteiger partial charge in [-0.3, -0.25) is 0 Å². The topological polar surface area (TPSA) is 30.5 Å². The largest absolute Gasteiger partial charge is 0.462 e. The molecule has 0 bridgehead atoms. The number of para-hydroxylation sites is 1. The van der Waals surface area contributed by atoms with Crippen molar-refractivity contribution in [3.8, 4) is 5.75 Å². The summed E-state index contributed by atoms with van der Waals surface area (Å²) >= 11 is 0. The lowest BCUT2D eigenvalue weighted by atomic mass is 9.97. The first-order valence-electron chi connectivity index (χ1n) is 5.89. The highest BCUT2D eigenvalue weighted by Crippen LogP contribution is 2.37. The number of hydrogen-bond donors (Lipinski definition) is 1. The van der Waals surface area contributed by atoms with Gasteiger partial charge in [0.1, 0.15) is 5.75 Å². The highest BCUT2D eigenvalue weighted by molar-refractivity contribution is 5.34. The summed E-state index contributed by atoms with van der Waals surface area (Å²) in [6.07, 6.45) is 1.12. The summed E-state index contributed by atoms with van der Waals surface area (Å²) in [6, 6.07) is 8.11. The quantitative estimate of drug-likeness (QED) is 0.782. The molecule has 1 fully saturated rings. The predicted molar refractivity (Wildman–Crippen MR) is 61.2 cm³/mol. The van der Waals surface area contributed by atoms with Gasteiger partial charge in [0.05, 0.1) is 6.61 Å². The molecule has 3 rings (SSSR count). The fraction of sp³-hybridized carbons (Fsp3) is 0.538. The van der Waals surface area contributed by atoms with E-state index < -0.39 is 5.79 Å². The molecule has 2 aliphatic rings. The van der Waals surface area contributed by atoms with E-state index in [-0.39, 0.29) is 0 Å². The van der Waals surface area contributed by atoms with Crippen LogP contribution in [0.4, 0.5) is 0 Å². The predicted octanol–water partition coefficient (Wildman–Crippen LogP) is 1.92. The van der Waals surface area contributed by atoms with Gasteiger partial charge in [0, 0.05) is 24.9 Å². The van der Waals surface area contributed by atoms with Crippen LogP contribution >= 0.6 is 0 Å². The first-order chi connectivity index (χ1) is 7.78. The van der Waals surface area contributed by atoms with Crippen LogP contribution in [-0.2, 0) is 11.3 Å². The second-order valence-electron chi connectivity index (χ2n) is 4.70. The Balaban J connectivity index is 1.85. The van der Waals surface area contributed by atoms with Crippen LogP contribution in [0.1, 0.15) is 18.9 Å². The minimum absolute atomic E-state index is 0.445. The summed E-state index contributed by atoms with van der Waals surface area (Å²) in [5.41, 5.74) is 1.14. The Bertz CT molecular complexity index is 387. The van der Waals surface area contributed by atoms with Gasteiger partial charge in [-0.05, 0) is 19.0 Å². The Hall–Kier alpha value is -1.06. The van der Waals surface area contributed by atoms with Crippen molar-refractivity contribution in [3.05, 3.63) is 29.8 Å². The summed E-state index contributed by atoms with van der Waals surface area (Å²) < 4.78 is 12.0. The zero-order valence-electron chi connectivity index (χ0n) is 9.53. The third-order valence-electron chi connectivity index (χ3n) is 3.60. The van der Waals surface area contributed by atoms with E-state index in [0.29, 0.717) is 12.5 Å². The van der Waals surface area contributed by atoms with Crippen LogP contribution in [0.3, 0.4) is 0 Å². The van der Waals surface area contributed by atoms with Crippen molar-refractivity contribution in [2.75, 3.05) is 13.1 Å². The molecule has 16 heavy (non-hydrogen) atoms. The fourth-order valence-corrected chi connectivity index (χ4v) is 2.49. The van der Waals surface area contributed by atoms with Crippen LogP contribution in [0, 0.1) is 5.92 Å². The fourth-order valence-electron chi connectivity index (χ4n) is 2.49. The minimum atomic E-state index is -0.460. The molecule has 1 saturated heterocycles. The Morgan fingerprint density at radius 1 is 1.38 bits per heavy atom. The normalized spacial score (nSPS) is 33.2. The van der Waals surface area contributed by atoms with Gasteiger partial charge in [-0.15, -0.1) is 0 Å². The molecule has 1 N–H and O–H groups in total. The summed E-state index contributed by atoms with van der Waals surface area (Å²) in [6.45, 7) is 4.76. The molecule has 3 heteroatoms. The number of ether oxygens (including phenoxy) is 2. The molecule has 0 aromatic heterocycles. The molecule has 1 aromatic carbocycles. The lowest BCUT2D eigenvalue weighted by Crippen LogP contribution is -2.46. The SMILES string of the molecule is CC1(C2CCNC2)OCc2ccccc2O1. The maximum Gasteiger partial charge on any atom is 0.212 e. The van der Waals surface area contributed by atoms with Crippen molar-refractivity contribution < 1.29 is 9.47 Å². The zero-order valence-corrected chi connectivity index (χ0v) is 9.53. The lowest BCUT2D eigenvalue weighted by molar-refractivity contribution is -0.222. The number of hydrogen-bond acceptors (Lipinski definition) is 3. The van der Waals surface area contributed by atoms with E-state index in [1.54, 1.807) is 0 Å². The summed E-state index contributed by atoms with van der Waals surface area (Å²) in [5, 5.41) is 3.36. The maximum atomic E-state index is 6.04. The average Bonchev–Trinajstić information content (AvgIpc) is 2.83. The second kappa shape index (κ2) is 3.75.